The molecule has 2 rings (SSSR count). The number of aliphatic hydroxyl groups is 1. The fourth-order valence-corrected chi connectivity index (χ4v) is 2.45. The molecule has 2 N–H and O–H groups in total. The number of carbonyl (C=O) groups is 1. The van der Waals surface area contributed by atoms with Gasteiger partial charge in [-0.05, 0) is 42.0 Å². The van der Waals surface area contributed by atoms with Crippen molar-refractivity contribution in [1.29, 1.82) is 0 Å². The van der Waals surface area contributed by atoms with Gasteiger partial charge < -0.3 is 10.4 Å². The van der Waals surface area contributed by atoms with Crippen LogP contribution in [0.3, 0.4) is 0 Å². The lowest BCUT2D eigenvalue weighted by Crippen LogP contribution is -2.23. The molecule has 1 amide bonds. The van der Waals surface area contributed by atoms with Crippen LogP contribution in [0.4, 0.5) is 0 Å². The van der Waals surface area contributed by atoms with E-state index in [1.165, 1.54) is 0 Å². The standard InChI is InChI=1S/C17H19NO2S/c1-12-3-8-15(21-2)9-16(12)17(20)18-10-13-4-6-14(11-19)7-5-13/h3-9,19H,10-11H2,1-2H3,(H,18,20). The molecule has 0 aliphatic carbocycles. The first-order chi connectivity index (χ1) is 10.1. The van der Waals surface area contributed by atoms with Crippen molar-refractivity contribution < 1.29 is 9.90 Å². The van der Waals surface area contributed by atoms with Crippen LogP contribution < -0.4 is 5.32 Å². The smallest absolute Gasteiger partial charge is 0.251 e. The third-order valence-corrected chi connectivity index (χ3v) is 4.07. The van der Waals surface area contributed by atoms with Crippen LogP contribution in [-0.4, -0.2) is 17.3 Å². The lowest BCUT2D eigenvalue weighted by atomic mass is 10.1. The van der Waals surface area contributed by atoms with Crippen molar-refractivity contribution in [2.45, 2.75) is 25.0 Å². The molecule has 0 saturated heterocycles. The molecule has 110 valence electrons. The molecule has 0 aromatic heterocycles. The van der Waals surface area contributed by atoms with Crippen LogP contribution in [0.2, 0.25) is 0 Å². The Morgan fingerprint density at radius 1 is 1.14 bits per heavy atom. The van der Waals surface area contributed by atoms with E-state index in [4.69, 9.17) is 5.11 Å². The largest absolute Gasteiger partial charge is 0.392 e. The van der Waals surface area contributed by atoms with E-state index in [1.807, 2.05) is 55.6 Å². The van der Waals surface area contributed by atoms with Crippen molar-refractivity contribution >= 4 is 17.7 Å². The Hall–Kier alpha value is -1.78. The fourth-order valence-electron chi connectivity index (χ4n) is 2.01. The number of aliphatic hydroxyl groups excluding tert-OH is 1. The highest BCUT2D eigenvalue weighted by atomic mass is 32.2. The second kappa shape index (κ2) is 7.29. The molecule has 0 unspecified atom stereocenters. The minimum Gasteiger partial charge on any atom is -0.392 e. The van der Waals surface area contributed by atoms with Gasteiger partial charge in [0.25, 0.3) is 5.91 Å². The normalized spacial score (nSPS) is 10.4. The molecule has 0 bridgehead atoms. The van der Waals surface area contributed by atoms with E-state index in [9.17, 15) is 4.79 Å². The van der Waals surface area contributed by atoms with Gasteiger partial charge in [0.2, 0.25) is 0 Å². The van der Waals surface area contributed by atoms with Gasteiger partial charge in [0.05, 0.1) is 6.61 Å². The summed E-state index contributed by atoms with van der Waals surface area (Å²) in [5, 5.41) is 11.9. The summed E-state index contributed by atoms with van der Waals surface area (Å²) in [6.07, 6.45) is 2.00. The summed E-state index contributed by atoms with van der Waals surface area (Å²) >= 11 is 1.62. The van der Waals surface area contributed by atoms with Gasteiger partial charge in [-0.15, -0.1) is 11.8 Å². The van der Waals surface area contributed by atoms with Gasteiger partial charge in [-0.2, -0.15) is 0 Å². The first kappa shape index (κ1) is 15.6. The predicted molar refractivity (Wildman–Crippen MR) is 86.5 cm³/mol. The third-order valence-electron chi connectivity index (χ3n) is 3.35. The van der Waals surface area contributed by atoms with Gasteiger partial charge in [-0.3, -0.25) is 4.79 Å². The summed E-state index contributed by atoms with van der Waals surface area (Å²) in [6.45, 7) is 2.45. The molecule has 3 nitrogen and oxygen atoms in total. The van der Waals surface area contributed by atoms with E-state index >= 15 is 0 Å². The Bertz CT molecular complexity index is 623. The summed E-state index contributed by atoms with van der Waals surface area (Å²) in [7, 11) is 0. The number of benzene rings is 2. The number of hydrogen-bond acceptors (Lipinski definition) is 3. The number of carbonyl (C=O) groups excluding carboxylic acids is 1. The number of thioether (sulfide) groups is 1. The molecular weight excluding hydrogens is 282 g/mol. The van der Waals surface area contributed by atoms with Crippen molar-refractivity contribution in [3.8, 4) is 0 Å². The van der Waals surface area contributed by atoms with Gasteiger partial charge in [0.1, 0.15) is 0 Å². The zero-order chi connectivity index (χ0) is 15.2. The summed E-state index contributed by atoms with van der Waals surface area (Å²) in [6, 6.07) is 13.5. The van der Waals surface area contributed by atoms with Gasteiger partial charge in [0, 0.05) is 17.0 Å². The Labute approximate surface area is 129 Å². The summed E-state index contributed by atoms with van der Waals surface area (Å²) in [4.78, 5) is 13.4. The van der Waals surface area contributed by atoms with Gasteiger partial charge >= 0.3 is 0 Å². The number of aryl methyl sites for hydroxylation is 1. The summed E-state index contributed by atoms with van der Waals surface area (Å²) in [5.74, 6) is -0.0605. The Morgan fingerprint density at radius 2 is 1.81 bits per heavy atom. The molecule has 4 heteroatoms. The van der Waals surface area contributed by atoms with E-state index < -0.39 is 0 Å². The van der Waals surface area contributed by atoms with E-state index in [0.717, 1.165) is 21.6 Å². The Morgan fingerprint density at radius 3 is 2.43 bits per heavy atom. The van der Waals surface area contributed by atoms with E-state index in [2.05, 4.69) is 5.32 Å². The van der Waals surface area contributed by atoms with Gasteiger partial charge in [-0.1, -0.05) is 30.3 Å². The minimum absolute atomic E-state index is 0.0350. The first-order valence-corrected chi connectivity index (χ1v) is 7.98. The van der Waals surface area contributed by atoms with E-state index in [0.29, 0.717) is 12.1 Å². The van der Waals surface area contributed by atoms with Crippen LogP contribution in [0.1, 0.15) is 27.0 Å². The molecule has 0 aliphatic heterocycles. The topological polar surface area (TPSA) is 49.3 Å². The number of rotatable bonds is 5. The molecule has 0 spiro atoms. The number of nitrogens with one attached hydrogen (secondary N) is 1. The molecule has 21 heavy (non-hydrogen) atoms. The Kier molecular flexibility index (Phi) is 5.42. The SMILES string of the molecule is CSc1ccc(C)c(C(=O)NCc2ccc(CO)cc2)c1. The van der Waals surface area contributed by atoms with Gasteiger partial charge in [0.15, 0.2) is 0 Å². The molecule has 0 radical (unpaired) electrons. The molecule has 0 fully saturated rings. The molecule has 2 aromatic carbocycles. The van der Waals surface area contributed by atoms with Crippen LogP contribution in [0.15, 0.2) is 47.4 Å². The quantitative estimate of drug-likeness (QED) is 0.834. The van der Waals surface area contributed by atoms with Crippen molar-refractivity contribution in [2.24, 2.45) is 0 Å². The average Bonchev–Trinajstić information content (AvgIpc) is 2.53. The van der Waals surface area contributed by atoms with E-state index in [1.54, 1.807) is 11.8 Å². The average molecular weight is 301 g/mol. The third kappa shape index (κ3) is 4.09. The van der Waals surface area contributed by atoms with Crippen molar-refractivity contribution in [3.05, 3.63) is 64.7 Å². The lowest BCUT2D eigenvalue weighted by molar-refractivity contribution is 0.0950. The summed E-state index contributed by atoms with van der Waals surface area (Å²) < 4.78 is 0. The zero-order valence-corrected chi connectivity index (χ0v) is 13.0. The molecular formula is C17H19NO2S. The van der Waals surface area contributed by atoms with Crippen molar-refractivity contribution in [2.75, 3.05) is 6.26 Å². The number of amides is 1. The Balaban J connectivity index is 2.04. The fraction of sp³-hybridized carbons (Fsp3) is 0.235. The van der Waals surface area contributed by atoms with Crippen LogP contribution in [0.5, 0.6) is 0 Å². The second-order valence-corrected chi connectivity index (χ2v) is 5.72. The van der Waals surface area contributed by atoms with Crippen molar-refractivity contribution in [3.63, 3.8) is 0 Å². The first-order valence-electron chi connectivity index (χ1n) is 6.75. The predicted octanol–water partition coefficient (Wildman–Crippen LogP) is 3.14. The molecule has 2 aromatic rings. The molecule has 0 heterocycles. The molecule has 0 atom stereocenters. The summed E-state index contributed by atoms with van der Waals surface area (Å²) in [5.41, 5.74) is 3.57. The van der Waals surface area contributed by atoms with Crippen LogP contribution in [0.25, 0.3) is 0 Å². The molecule has 0 saturated carbocycles. The van der Waals surface area contributed by atoms with Crippen molar-refractivity contribution in [1.82, 2.24) is 5.32 Å². The monoisotopic (exact) mass is 301 g/mol. The highest BCUT2D eigenvalue weighted by Gasteiger charge is 2.09. The maximum Gasteiger partial charge on any atom is 0.251 e. The van der Waals surface area contributed by atoms with Crippen LogP contribution in [0, 0.1) is 6.92 Å². The minimum atomic E-state index is -0.0605. The highest BCUT2D eigenvalue weighted by Crippen LogP contribution is 2.19. The van der Waals surface area contributed by atoms with Crippen LogP contribution in [-0.2, 0) is 13.2 Å². The number of hydrogen-bond donors (Lipinski definition) is 2. The highest BCUT2D eigenvalue weighted by molar-refractivity contribution is 7.98. The van der Waals surface area contributed by atoms with Gasteiger partial charge in [-0.25, -0.2) is 0 Å². The maximum atomic E-state index is 12.3. The molecule has 0 aliphatic rings. The zero-order valence-electron chi connectivity index (χ0n) is 12.2. The van der Waals surface area contributed by atoms with Crippen LogP contribution >= 0.6 is 11.8 Å². The maximum absolute atomic E-state index is 12.3. The second-order valence-electron chi connectivity index (χ2n) is 4.84. The lowest BCUT2D eigenvalue weighted by Gasteiger charge is -2.09. The van der Waals surface area contributed by atoms with E-state index in [-0.39, 0.29) is 12.5 Å².